The van der Waals surface area contributed by atoms with Crippen LogP contribution in [0.2, 0.25) is 0 Å². The summed E-state index contributed by atoms with van der Waals surface area (Å²) >= 11 is 0. The second-order valence-electron chi connectivity index (χ2n) is 3.90. The molecule has 0 spiro atoms. The number of ether oxygens (including phenoxy) is 2. The maximum atomic E-state index is 11.4. The molecule has 2 heterocycles. The molecule has 18 heavy (non-hydrogen) atoms. The van der Waals surface area contributed by atoms with E-state index in [0.717, 1.165) is 21.8 Å². The number of pyridine rings is 1. The first kappa shape index (κ1) is 10.7. The molecule has 1 aliphatic rings. The van der Waals surface area contributed by atoms with Crippen molar-refractivity contribution in [1.82, 2.24) is 0 Å². The zero-order chi connectivity index (χ0) is 12.4. The molecular formula is C14H11NO3. The maximum absolute atomic E-state index is 11.4. The second-order valence-corrected chi connectivity index (χ2v) is 3.90. The lowest BCUT2D eigenvalue weighted by molar-refractivity contribution is -0.607. The zero-order valence-corrected chi connectivity index (χ0v) is 9.58. The van der Waals surface area contributed by atoms with Gasteiger partial charge in [-0.25, -0.2) is 0 Å². The normalized spacial score (nSPS) is 13.1. The highest BCUT2D eigenvalue weighted by Crippen LogP contribution is 2.32. The molecule has 3 rings (SSSR count). The first-order valence-electron chi connectivity index (χ1n) is 5.59. The zero-order valence-electron chi connectivity index (χ0n) is 9.58. The van der Waals surface area contributed by atoms with E-state index in [4.69, 9.17) is 9.47 Å². The molecule has 90 valence electrons. The van der Waals surface area contributed by atoms with Crippen molar-refractivity contribution in [2.45, 2.75) is 0 Å². The lowest BCUT2D eigenvalue weighted by Gasteiger charge is -1.99. The largest absolute Gasteiger partial charge is 0.618 e. The minimum atomic E-state index is 0.266. The van der Waals surface area contributed by atoms with Crippen LogP contribution < -0.4 is 14.2 Å². The van der Waals surface area contributed by atoms with E-state index in [1.807, 2.05) is 30.3 Å². The molecule has 0 unspecified atom stereocenters. The van der Waals surface area contributed by atoms with Gasteiger partial charge in [-0.05, 0) is 29.8 Å². The maximum Gasteiger partial charge on any atom is 0.231 e. The van der Waals surface area contributed by atoms with Crippen LogP contribution in [-0.4, -0.2) is 6.79 Å². The van der Waals surface area contributed by atoms with E-state index in [2.05, 4.69) is 0 Å². The van der Waals surface area contributed by atoms with Crippen LogP contribution in [0.15, 0.2) is 42.6 Å². The van der Waals surface area contributed by atoms with Gasteiger partial charge >= 0.3 is 0 Å². The lowest BCUT2D eigenvalue weighted by atomic mass is 10.1. The van der Waals surface area contributed by atoms with Crippen molar-refractivity contribution in [3.8, 4) is 11.5 Å². The fourth-order valence-corrected chi connectivity index (χ4v) is 1.77. The minimum absolute atomic E-state index is 0.266. The van der Waals surface area contributed by atoms with Crippen molar-refractivity contribution < 1.29 is 14.2 Å². The summed E-state index contributed by atoms with van der Waals surface area (Å²) in [7, 11) is 0. The summed E-state index contributed by atoms with van der Waals surface area (Å²) in [5, 5.41) is 11.4. The van der Waals surface area contributed by atoms with Gasteiger partial charge in [-0.15, -0.1) is 0 Å². The number of benzene rings is 1. The highest BCUT2D eigenvalue weighted by Gasteiger charge is 2.12. The summed E-state index contributed by atoms with van der Waals surface area (Å²) in [5.41, 5.74) is 1.55. The van der Waals surface area contributed by atoms with Crippen LogP contribution >= 0.6 is 0 Å². The fourth-order valence-electron chi connectivity index (χ4n) is 1.77. The number of nitrogens with zero attached hydrogens (tertiary/aromatic N) is 1. The van der Waals surface area contributed by atoms with Crippen LogP contribution in [0, 0.1) is 5.21 Å². The van der Waals surface area contributed by atoms with E-state index in [1.165, 1.54) is 6.20 Å². The number of fused-ring (bicyclic) bond motifs is 1. The third kappa shape index (κ3) is 2.00. The van der Waals surface area contributed by atoms with Crippen molar-refractivity contribution in [3.05, 3.63) is 59.1 Å². The molecular weight excluding hydrogens is 230 g/mol. The van der Waals surface area contributed by atoms with Crippen molar-refractivity contribution >= 4 is 12.2 Å². The van der Waals surface area contributed by atoms with Crippen LogP contribution in [0.5, 0.6) is 11.5 Å². The van der Waals surface area contributed by atoms with Crippen LogP contribution in [0.3, 0.4) is 0 Å². The van der Waals surface area contributed by atoms with Gasteiger partial charge in [0.25, 0.3) is 0 Å². The molecule has 0 amide bonds. The predicted molar refractivity (Wildman–Crippen MR) is 66.9 cm³/mol. The van der Waals surface area contributed by atoms with Gasteiger partial charge in [0.05, 0.1) is 0 Å². The SMILES string of the molecule is [O-][n+]1ccccc1C=Cc1ccc2c(c1)OCO2. The molecule has 0 aliphatic carbocycles. The number of hydrogen-bond donors (Lipinski definition) is 0. The Morgan fingerprint density at radius 2 is 1.94 bits per heavy atom. The summed E-state index contributed by atoms with van der Waals surface area (Å²) in [6.45, 7) is 0.266. The topological polar surface area (TPSA) is 45.4 Å². The summed E-state index contributed by atoms with van der Waals surface area (Å²) < 4.78 is 11.3. The molecule has 0 radical (unpaired) electrons. The quantitative estimate of drug-likeness (QED) is 0.598. The monoisotopic (exact) mass is 241 g/mol. The van der Waals surface area contributed by atoms with E-state index >= 15 is 0 Å². The fraction of sp³-hybridized carbons (Fsp3) is 0.0714. The van der Waals surface area contributed by atoms with Gasteiger partial charge in [0.15, 0.2) is 17.7 Å². The van der Waals surface area contributed by atoms with E-state index in [9.17, 15) is 5.21 Å². The Hall–Kier alpha value is -2.49. The van der Waals surface area contributed by atoms with Gasteiger partial charge in [-0.3, -0.25) is 0 Å². The molecule has 0 N–H and O–H groups in total. The Kier molecular flexibility index (Phi) is 2.61. The molecule has 4 heteroatoms. The summed E-state index contributed by atoms with van der Waals surface area (Å²) in [6.07, 6.45) is 5.11. The van der Waals surface area contributed by atoms with Gasteiger partial charge in [0, 0.05) is 18.2 Å². The Bertz CT molecular complexity index is 608. The van der Waals surface area contributed by atoms with Gasteiger partial charge < -0.3 is 14.7 Å². The number of aromatic nitrogens is 1. The molecule has 2 aromatic rings. The number of rotatable bonds is 2. The Labute approximate surface area is 104 Å². The first-order valence-corrected chi connectivity index (χ1v) is 5.59. The van der Waals surface area contributed by atoms with Crippen molar-refractivity contribution in [1.29, 1.82) is 0 Å². The molecule has 0 fully saturated rings. The first-order chi connectivity index (χ1) is 8.83. The van der Waals surface area contributed by atoms with E-state index in [0.29, 0.717) is 5.69 Å². The molecule has 0 saturated carbocycles. The second kappa shape index (κ2) is 4.41. The van der Waals surface area contributed by atoms with Crippen molar-refractivity contribution in [2.75, 3.05) is 6.79 Å². The average molecular weight is 241 g/mol. The molecule has 1 aliphatic heterocycles. The van der Waals surface area contributed by atoms with Crippen LogP contribution in [0.4, 0.5) is 0 Å². The smallest absolute Gasteiger partial charge is 0.231 e. The summed E-state index contributed by atoms with van der Waals surface area (Å²) in [5.74, 6) is 1.49. The average Bonchev–Trinajstić information content (AvgIpc) is 2.85. The number of hydrogen-bond acceptors (Lipinski definition) is 3. The van der Waals surface area contributed by atoms with Crippen LogP contribution in [0.1, 0.15) is 11.3 Å². The lowest BCUT2D eigenvalue weighted by Crippen LogP contribution is -2.28. The molecule has 0 bridgehead atoms. The van der Waals surface area contributed by atoms with E-state index in [-0.39, 0.29) is 6.79 Å². The highest BCUT2D eigenvalue weighted by molar-refractivity contribution is 5.68. The Balaban J connectivity index is 1.87. The Morgan fingerprint density at radius 3 is 2.83 bits per heavy atom. The highest BCUT2D eigenvalue weighted by atomic mass is 16.7. The van der Waals surface area contributed by atoms with Crippen molar-refractivity contribution in [2.24, 2.45) is 0 Å². The molecule has 1 aromatic carbocycles. The molecule has 0 saturated heterocycles. The summed E-state index contributed by atoms with van der Waals surface area (Å²) in [4.78, 5) is 0. The van der Waals surface area contributed by atoms with Gasteiger partial charge in [-0.2, -0.15) is 4.73 Å². The minimum Gasteiger partial charge on any atom is -0.618 e. The Morgan fingerprint density at radius 1 is 1.06 bits per heavy atom. The van der Waals surface area contributed by atoms with Gasteiger partial charge in [0.2, 0.25) is 12.5 Å². The molecule has 1 aromatic heterocycles. The summed E-state index contributed by atoms with van der Waals surface area (Å²) in [6, 6.07) is 11.0. The van der Waals surface area contributed by atoms with E-state index < -0.39 is 0 Å². The van der Waals surface area contributed by atoms with Gasteiger partial charge in [-0.1, -0.05) is 6.07 Å². The molecule has 0 atom stereocenters. The predicted octanol–water partition coefficient (Wildman–Crippen LogP) is 2.22. The third-order valence-electron chi connectivity index (χ3n) is 2.70. The third-order valence-corrected chi connectivity index (χ3v) is 2.70. The van der Waals surface area contributed by atoms with Crippen molar-refractivity contribution in [3.63, 3.8) is 0 Å². The van der Waals surface area contributed by atoms with Crippen LogP contribution in [-0.2, 0) is 0 Å². The standard InChI is InChI=1S/C14H11NO3/c16-15-8-2-1-3-12(15)6-4-11-5-7-13-14(9-11)18-10-17-13/h1-9H,10H2. The van der Waals surface area contributed by atoms with Crippen LogP contribution in [0.25, 0.3) is 12.2 Å². The molecule has 4 nitrogen and oxygen atoms in total. The van der Waals surface area contributed by atoms with Gasteiger partial charge in [0.1, 0.15) is 0 Å². The van der Waals surface area contributed by atoms with E-state index in [1.54, 1.807) is 18.2 Å².